The predicted octanol–water partition coefficient (Wildman–Crippen LogP) is 6.10. The van der Waals surface area contributed by atoms with E-state index in [1.807, 2.05) is 50.3 Å². The van der Waals surface area contributed by atoms with Crippen molar-refractivity contribution in [3.05, 3.63) is 93.6 Å². The number of nitrogens with two attached hydrogens (primary N) is 1. The Kier molecular flexibility index (Phi) is 12.9. The van der Waals surface area contributed by atoms with Gasteiger partial charge >= 0.3 is 0 Å². The molecule has 0 aromatic heterocycles. The van der Waals surface area contributed by atoms with Crippen LogP contribution in [-0.2, 0) is 22.4 Å². The van der Waals surface area contributed by atoms with Gasteiger partial charge in [-0.15, -0.1) is 0 Å². The number of aliphatic hydroxyl groups excluding tert-OH is 2. The van der Waals surface area contributed by atoms with Gasteiger partial charge in [0.05, 0.1) is 24.5 Å². The Labute approximate surface area is 299 Å². The Morgan fingerprint density at radius 2 is 2.02 bits per heavy atom. The molecule has 4 aliphatic rings. The molecular formula is C43H58N2O5. The van der Waals surface area contributed by atoms with Crippen LogP contribution in [0.4, 0.5) is 0 Å². The fourth-order valence-electron chi connectivity index (χ4n) is 9.15. The van der Waals surface area contributed by atoms with Gasteiger partial charge in [-0.05, 0) is 112 Å². The number of aliphatic hydroxyl groups is 3. The molecule has 2 heterocycles. The van der Waals surface area contributed by atoms with Crippen molar-refractivity contribution < 1.29 is 24.9 Å². The first-order valence-corrected chi connectivity index (χ1v) is 18.6. The number of nitrogens with one attached hydrogen (secondary N) is 1. The van der Waals surface area contributed by atoms with E-state index in [4.69, 9.17) is 10.5 Å². The minimum absolute atomic E-state index is 0.00270. The number of carbonyl (C=O) groups is 1. The van der Waals surface area contributed by atoms with Gasteiger partial charge in [-0.2, -0.15) is 0 Å². The highest BCUT2D eigenvalue weighted by Crippen LogP contribution is 2.63. The number of rotatable bonds is 7. The van der Waals surface area contributed by atoms with Crippen molar-refractivity contribution in [2.45, 2.75) is 109 Å². The number of Topliss-reactive ketones (excluding diaryl/α,β-unsaturated/α-hetero) is 1. The molecule has 0 unspecified atom stereocenters. The van der Waals surface area contributed by atoms with E-state index in [0.717, 1.165) is 64.8 Å². The number of ether oxygens (including phenoxy) is 1. The summed E-state index contributed by atoms with van der Waals surface area (Å²) in [5, 5.41) is 38.1. The van der Waals surface area contributed by atoms with Crippen LogP contribution in [0.25, 0.3) is 0 Å². The first kappa shape index (κ1) is 38.1. The zero-order valence-electron chi connectivity index (χ0n) is 30.4. The molecule has 5 rings (SSSR count). The summed E-state index contributed by atoms with van der Waals surface area (Å²) in [5.41, 5.74) is 12.5. The average molecular weight is 683 g/mol. The molecule has 7 heteroatoms. The molecular weight excluding hydrogens is 624 g/mol. The highest BCUT2D eigenvalue weighted by molar-refractivity contribution is 5.97. The van der Waals surface area contributed by atoms with Gasteiger partial charge in [0.25, 0.3) is 0 Å². The largest absolute Gasteiger partial charge is 0.396 e. The second-order valence-electron chi connectivity index (χ2n) is 15.1. The lowest BCUT2D eigenvalue weighted by atomic mass is 9.52. The second kappa shape index (κ2) is 17.0. The van der Waals surface area contributed by atoms with Crippen LogP contribution >= 0.6 is 0 Å². The predicted molar refractivity (Wildman–Crippen MR) is 200 cm³/mol. The second-order valence-corrected chi connectivity index (χ2v) is 15.1. The van der Waals surface area contributed by atoms with Crippen LogP contribution in [0.1, 0.15) is 101 Å². The highest BCUT2D eigenvalue weighted by atomic mass is 16.5. The number of hydrogen-bond acceptors (Lipinski definition) is 7. The van der Waals surface area contributed by atoms with Gasteiger partial charge in [-0.25, -0.2) is 0 Å². The van der Waals surface area contributed by atoms with Gasteiger partial charge in [0.2, 0.25) is 0 Å². The fourth-order valence-corrected chi connectivity index (χ4v) is 9.15. The van der Waals surface area contributed by atoms with E-state index in [2.05, 4.69) is 36.7 Å². The molecule has 2 saturated carbocycles. The van der Waals surface area contributed by atoms with Gasteiger partial charge in [0.1, 0.15) is 6.61 Å². The average Bonchev–Trinajstić information content (AvgIpc) is 3.43. The Balaban J connectivity index is 1.46. The number of allylic oxidation sites excluding steroid dienone is 8. The normalized spacial score (nSPS) is 34.6. The summed E-state index contributed by atoms with van der Waals surface area (Å²) in [4.78, 5) is 14.1. The molecule has 50 heavy (non-hydrogen) atoms. The summed E-state index contributed by atoms with van der Waals surface area (Å²) in [6.45, 7) is 11.5. The summed E-state index contributed by atoms with van der Waals surface area (Å²) in [6, 6.07) is 6.04. The van der Waals surface area contributed by atoms with E-state index in [0.29, 0.717) is 58.2 Å². The fraction of sp³-hybridized carbons (Fsp3) is 0.558. The van der Waals surface area contributed by atoms with E-state index in [1.165, 1.54) is 5.57 Å². The molecule has 2 aliphatic heterocycles. The smallest absolute Gasteiger partial charge is 0.162 e. The number of fused-ring (bicyclic) bond motifs is 1. The molecule has 0 bridgehead atoms. The van der Waals surface area contributed by atoms with Gasteiger partial charge in [-0.3, -0.25) is 10.1 Å². The van der Waals surface area contributed by atoms with Crippen LogP contribution in [0.3, 0.4) is 0 Å². The summed E-state index contributed by atoms with van der Waals surface area (Å²) < 4.78 is 6.07. The maximum absolute atomic E-state index is 14.1. The van der Waals surface area contributed by atoms with Crippen LogP contribution in [0, 0.1) is 29.1 Å². The van der Waals surface area contributed by atoms with Crippen molar-refractivity contribution in [3.8, 4) is 11.8 Å². The van der Waals surface area contributed by atoms with E-state index in [1.54, 1.807) is 0 Å². The van der Waals surface area contributed by atoms with Gasteiger partial charge in [-0.1, -0.05) is 77.6 Å². The summed E-state index contributed by atoms with van der Waals surface area (Å²) in [7, 11) is 0. The van der Waals surface area contributed by atoms with Gasteiger partial charge < -0.3 is 25.8 Å². The topological polar surface area (TPSA) is 125 Å². The van der Waals surface area contributed by atoms with Gasteiger partial charge in [0.15, 0.2) is 5.78 Å². The maximum Gasteiger partial charge on any atom is 0.162 e. The Hall–Kier alpha value is -3.09. The van der Waals surface area contributed by atoms with Crippen molar-refractivity contribution in [1.82, 2.24) is 5.32 Å². The zero-order valence-corrected chi connectivity index (χ0v) is 30.4. The summed E-state index contributed by atoms with van der Waals surface area (Å²) >= 11 is 0. The van der Waals surface area contributed by atoms with Gasteiger partial charge in [0, 0.05) is 37.3 Å². The van der Waals surface area contributed by atoms with Crippen LogP contribution in [0.15, 0.2) is 76.9 Å². The molecule has 1 spiro atoms. The number of ketones is 1. The SMILES string of the molecule is C=C1/C=C/C=C(\[C@H]2CC[C@@]3([C@H](CCCO)/C(=C(\C)C(=O)Cc4cccc5c4CCN[C@H]5N)CC[C@@]3(C)O)[C@@H]2O)COCC#CC/C(C)=C/CC1. The standard InChI is InChI=1S/C43H58N2O5/c1-29-11-5-6-26-50-28-33(16-8-14-30(2)13-7-12-29)36-20-23-43(40(36)48)38(18-10-25-46)34(19-22-42(43,4)49)31(3)39(47)27-32-15-9-17-37-35(32)21-24-45-41(37)44/h8-9,12,14-17,36,38,40-41,45-46,48-49H,2,7,10-11,13,18-28,44H2,1,3-4H3/b14-8+,29-12+,33-16-,34-31+/t36-,38-,40-,41-,42-,43-/m1/s1. The Morgan fingerprint density at radius 3 is 2.82 bits per heavy atom. The van der Waals surface area contributed by atoms with E-state index in [9.17, 15) is 20.1 Å². The molecule has 0 radical (unpaired) electrons. The van der Waals surface area contributed by atoms with E-state index >= 15 is 0 Å². The molecule has 270 valence electrons. The molecule has 0 amide bonds. The Morgan fingerprint density at radius 1 is 1.20 bits per heavy atom. The van der Waals surface area contributed by atoms with Crippen LogP contribution in [-0.4, -0.2) is 59.2 Å². The van der Waals surface area contributed by atoms with E-state index < -0.39 is 17.1 Å². The molecule has 6 atom stereocenters. The molecule has 2 fully saturated rings. The van der Waals surface area contributed by atoms with Crippen LogP contribution in [0.5, 0.6) is 0 Å². The molecule has 6 N–H and O–H groups in total. The van der Waals surface area contributed by atoms with Crippen molar-refractivity contribution in [1.29, 1.82) is 0 Å². The molecule has 7 nitrogen and oxygen atoms in total. The lowest BCUT2D eigenvalue weighted by Gasteiger charge is -2.55. The number of hydrogen-bond donors (Lipinski definition) is 5. The van der Waals surface area contributed by atoms with Crippen molar-refractivity contribution in [2.75, 3.05) is 26.4 Å². The first-order chi connectivity index (χ1) is 24.0. The summed E-state index contributed by atoms with van der Waals surface area (Å²) in [6.07, 6.45) is 14.2. The van der Waals surface area contributed by atoms with Crippen molar-refractivity contribution in [2.24, 2.45) is 23.0 Å². The highest BCUT2D eigenvalue weighted by Gasteiger charge is 2.64. The van der Waals surface area contributed by atoms with Crippen molar-refractivity contribution >= 4 is 5.78 Å². The lowest BCUT2D eigenvalue weighted by molar-refractivity contribution is -0.167. The molecule has 1 aromatic rings. The molecule has 1 aromatic carbocycles. The molecule has 2 aliphatic carbocycles. The quantitative estimate of drug-likeness (QED) is 0.134. The summed E-state index contributed by atoms with van der Waals surface area (Å²) in [5.74, 6) is 5.89. The van der Waals surface area contributed by atoms with Crippen LogP contribution in [0.2, 0.25) is 0 Å². The van der Waals surface area contributed by atoms with Crippen molar-refractivity contribution in [3.63, 3.8) is 0 Å². The Bertz CT molecular complexity index is 1600. The van der Waals surface area contributed by atoms with Crippen LogP contribution < -0.4 is 11.1 Å². The molecule has 0 saturated heterocycles. The maximum atomic E-state index is 14.1. The zero-order chi connectivity index (χ0) is 35.9. The monoisotopic (exact) mass is 682 g/mol. The van der Waals surface area contributed by atoms with E-state index in [-0.39, 0.29) is 36.8 Å². The first-order valence-electron chi connectivity index (χ1n) is 18.6. The third-order valence-electron chi connectivity index (χ3n) is 12.0. The third kappa shape index (κ3) is 8.18. The minimum Gasteiger partial charge on any atom is -0.396 e. The third-order valence-corrected chi connectivity index (χ3v) is 12.0. The lowest BCUT2D eigenvalue weighted by Crippen LogP contribution is -2.59. The minimum atomic E-state index is -1.17. The number of benzene rings is 1. The number of carbonyl (C=O) groups excluding carboxylic acids is 1.